The van der Waals surface area contributed by atoms with Crippen molar-refractivity contribution in [3.05, 3.63) is 48.4 Å². The molecular weight excluding hydrogens is 386 g/mol. The summed E-state index contributed by atoms with van der Waals surface area (Å²) in [6.07, 6.45) is 5.02. The number of esters is 1. The molecule has 3 heterocycles. The van der Waals surface area contributed by atoms with Gasteiger partial charge in [0.1, 0.15) is 6.04 Å². The lowest BCUT2D eigenvalue weighted by molar-refractivity contribution is -0.151. The molecule has 4 rings (SSSR count). The molecule has 158 valence electrons. The van der Waals surface area contributed by atoms with Crippen molar-refractivity contribution in [1.82, 2.24) is 4.90 Å². The van der Waals surface area contributed by atoms with E-state index in [2.05, 4.69) is 10.2 Å². The standard InChI is InChI=1S/C22H25N3O5/c26-20(23-16-7-9-17(10-8-16)24-11-1-2-12-24)15-30-22(28)18-5-3-13-25(18)21(27)19-6-4-14-29-19/h4,6-10,14,18H,1-3,5,11-13,15H2,(H,23,26)/t18-/m0/s1. The predicted octanol–water partition coefficient (Wildman–Crippen LogP) is 2.67. The number of amides is 2. The number of rotatable bonds is 6. The molecule has 2 amide bonds. The summed E-state index contributed by atoms with van der Waals surface area (Å²) in [5, 5.41) is 2.73. The average molecular weight is 411 g/mol. The molecular formula is C22H25N3O5. The fraction of sp³-hybridized carbons (Fsp3) is 0.409. The van der Waals surface area contributed by atoms with Gasteiger partial charge >= 0.3 is 5.97 Å². The van der Waals surface area contributed by atoms with Crippen molar-refractivity contribution in [1.29, 1.82) is 0 Å². The molecule has 2 saturated heterocycles. The Morgan fingerprint density at radius 2 is 1.80 bits per heavy atom. The van der Waals surface area contributed by atoms with E-state index in [1.807, 2.05) is 24.3 Å². The molecule has 2 fully saturated rings. The van der Waals surface area contributed by atoms with Gasteiger partial charge < -0.3 is 24.3 Å². The Hall–Kier alpha value is -3.29. The predicted molar refractivity (Wildman–Crippen MR) is 110 cm³/mol. The number of nitrogens with zero attached hydrogens (tertiary/aromatic N) is 2. The normalized spacial score (nSPS) is 18.5. The zero-order chi connectivity index (χ0) is 20.9. The van der Waals surface area contributed by atoms with Crippen LogP contribution in [0.3, 0.4) is 0 Å². The van der Waals surface area contributed by atoms with E-state index < -0.39 is 24.5 Å². The highest BCUT2D eigenvalue weighted by Crippen LogP contribution is 2.23. The van der Waals surface area contributed by atoms with Gasteiger partial charge in [-0.25, -0.2) is 4.79 Å². The van der Waals surface area contributed by atoms with Crippen LogP contribution in [0.15, 0.2) is 47.1 Å². The Balaban J connectivity index is 1.27. The van der Waals surface area contributed by atoms with Crippen molar-refractivity contribution < 1.29 is 23.5 Å². The van der Waals surface area contributed by atoms with Crippen LogP contribution >= 0.6 is 0 Å². The van der Waals surface area contributed by atoms with Crippen molar-refractivity contribution in [2.45, 2.75) is 31.7 Å². The molecule has 2 aromatic rings. The zero-order valence-corrected chi connectivity index (χ0v) is 16.7. The van der Waals surface area contributed by atoms with E-state index in [4.69, 9.17) is 9.15 Å². The van der Waals surface area contributed by atoms with Gasteiger partial charge in [0, 0.05) is 31.0 Å². The number of anilines is 2. The fourth-order valence-corrected chi connectivity index (χ4v) is 3.96. The van der Waals surface area contributed by atoms with Crippen LogP contribution in [-0.4, -0.2) is 55.0 Å². The Bertz CT molecular complexity index is 888. The molecule has 8 heteroatoms. The molecule has 0 bridgehead atoms. The molecule has 2 aliphatic rings. The lowest BCUT2D eigenvalue weighted by Gasteiger charge is -2.22. The largest absolute Gasteiger partial charge is 0.459 e. The van der Waals surface area contributed by atoms with E-state index in [0.717, 1.165) is 18.8 Å². The summed E-state index contributed by atoms with van der Waals surface area (Å²) in [7, 11) is 0. The molecule has 0 aliphatic carbocycles. The number of hydrogen-bond donors (Lipinski definition) is 1. The van der Waals surface area contributed by atoms with E-state index in [1.165, 1.54) is 24.0 Å². The number of hydrogen-bond acceptors (Lipinski definition) is 6. The van der Waals surface area contributed by atoms with E-state index in [-0.39, 0.29) is 11.7 Å². The second kappa shape index (κ2) is 9.02. The summed E-state index contributed by atoms with van der Waals surface area (Å²) in [6, 6.07) is 10.1. The van der Waals surface area contributed by atoms with Gasteiger partial charge in [0.2, 0.25) is 0 Å². The minimum Gasteiger partial charge on any atom is -0.459 e. The van der Waals surface area contributed by atoms with Gasteiger partial charge in [0.05, 0.1) is 6.26 Å². The molecule has 30 heavy (non-hydrogen) atoms. The van der Waals surface area contributed by atoms with E-state index in [0.29, 0.717) is 25.1 Å². The highest BCUT2D eigenvalue weighted by molar-refractivity contribution is 5.96. The number of nitrogens with one attached hydrogen (secondary N) is 1. The van der Waals surface area contributed by atoms with Crippen molar-refractivity contribution in [3.63, 3.8) is 0 Å². The summed E-state index contributed by atoms with van der Waals surface area (Å²) in [5.41, 5.74) is 1.79. The molecule has 1 aromatic heterocycles. The first-order valence-corrected chi connectivity index (χ1v) is 10.3. The van der Waals surface area contributed by atoms with Crippen molar-refractivity contribution in [3.8, 4) is 0 Å². The summed E-state index contributed by atoms with van der Waals surface area (Å²) in [6.45, 7) is 2.17. The summed E-state index contributed by atoms with van der Waals surface area (Å²) in [5.74, 6) is -1.15. The Kier molecular flexibility index (Phi) is 6.02. The summed E-state index contributed by atoms with van der Waals surface area (Å²) < 4.78 is 10.3. The van der Waals surface area contributed by atoms with Crippen LogP contribution in [0.1, 0.15) is 36.2 Å². The first kappa shape index (κ1) is 20.0. The van der Waals surface area contributed by atoms with Crippen LogP contribution in [0.2, 0.25) is 0 Å². The van der Waals surface area contributed by atoms with Gasteiger partial charge in [0.15, 0.2) is 12.4 Å². The topological polar surface area (TPSA) is 92.1 Å². The summed E-state index contributed by atoms with van der Waals surface area (Å²) >= 11 is 0. The lowest BCUT2D eigenvalue weighted by atomic mass is 10.2. The second-order valence-electron chi connectivity index (χ2n) is 7.53. The summed E-state index contributed by atoms with van der Waals surface area (Å²) in [4.78, 5) is 40.8. The molecule has 0 spiro atoms. The van der Waals surface area contributed by atoms with Gasteiger partial charge in [-0.15, -0.1) is 0 Å². The third-order valence-corrected chi connectivity index (χ3v) is 5.49. The maximum atomic E-state index is 12.5. The number of likely N-dealkylation sites (tertiary alicyclic amines) is 1. The molecule has 1 N–H and O–H groups in total. The molecule has 8 nitrogen and oxygen atoms in total. The van der Waals surface area contributed by atoms with Crippen LogP contribution in [-0.2, 0) is 14.3 Å². The second-order valence-corrected chi connectivity index (χ2v) is 7.53. The van der Waals surface area contributed by atoms with E-state index in [9.17, 15) is 14.4 Å². The SMILES string of the molecule is O=C(COC(=O)[C@@H]1CCCN1C(=O)c1ccco1)Nc1ccc(N2CCCC2)cc1. The van der Waals surface area contributed by atoms with Gasteiger partial charge in [-0.1, -0.05) is 0 Å². The number of carbonyl (C=O) groups is 3. The highest BCUT2D eigenvalue weighted by Gasteiger charge is 2.36. The van der Waals surface area contributed by atoms with E-state index >= 15 is 0 Å². The van der Waals surface area contributed by atoms with Gasteiger partial charge in [-0.05, 0) is 62.1 Å². The monoisotopic (exact) mass is 411 g/mol. The molecule has 0 unspecified atom stereocenters. The van der Waals surface area contributed by atoms with Crippen LogP contribution < -0.4 is 10.2 Å². The van der Waals surface area contributed by atoms with Crippen LogP contribution in [0.4, 0.5) is 11.4 Å². The van der Waals surface area contributed by atoms with Crippen molar-refractivity contribution in [2.24, 2.45) is 0 Å². The quantitative estimate of drug-likeness (QED) is 0.735. The number of carbonyl (C=O) groups excluding carboxylic acids is 3. The Labute approximate surface area is 174 Å². The molecule has 1 aromatic carbocycles. The Morgan fingerprint density at radius 1 is 1.03 bits per heavy atom. The fourth-order valence-electron chi connectivity index (χ4n) is 3.96. The van der Waals surface area contributed by atoms with Gasteiger partial charge in [0.25, 0.3) is 11.8 Å². The zero-order valence-electron chi connectivity index (χ0n) is 16.7. The van der Waals surface area contributed by atoms with Crippen molar-refractivity contribution >= 4 is 29.2 Å². The molecule has 0 saturated carbocycles. The average Bonchev–Trinajstić information content (AvgIpc) is 3.54. The minimum atomic E-state index is -0.699. The first-order chi connectivity index (χ1) is 14.6. The third-order valence-electron chi connectivity index (χ3n) is 5.49. The van der Waals surface area contributed by atoms with Gasteiger partial charge in [-0.2, -0.15) is 0 Å². The van der Waals surface area contributed by atoms with Crippen LogP contribution in [0.5, 0.6) is 0 Å². The van der Waals surface area contributed by atoms with Crippen molar-refractivity contribution in [2.75, 3.05) is 36.5 Å². The third kappa shape index (κ3) is 4.48. The number of benzene rings is 1. The molecule has 2 aliphatic heterocycles. The van der Waals surface area contributed by atoms with Crippen LogP contribution in [0.25, 0.3) is 0 Å². The first-order valence-electron chi connectivity index (χ1n) is 10.3. The number of furan rings is 1. The maximum Gasteiger partial charge on any atom is 0.329 e. The van der Waals surface area contributed by atoms with Gasteiger partial charge in [-0.3, -0.25) is 9.59 Å². The lowest BCUT2D eigenvalue weighted by Crippen LogP contribution is -2.42. The highest BCUT2D eigenvalue weighted by atomic mass is 16.5. The smallest absolute Gasteiger partial charge is 0.329 e. The molecule has 1 atom stereocenters. The Morgan fingerprint density at radius 3 is 2.50 bits per heavy atom. The van der Waals surface area contributed by atoms with E-state index in [1.54, 1.807) is 12.1 Å². The van der Waals surface area contributed by atoms with Crippen LogP contribution in [0, 0.1) is 0 Å². The molecule has 0 radical (unpaired) electrons. The minimum absolute atomic E-state index is 0.185. The number of ether oxygens (including phenoxy) is 1. The maximum absolute atomic E-state index is 12.5.